The van der Waals surface area contributed by atoms with Crippen LogP contribution in [-0.4, -0.2) is 14.2 Å². The van der Waals surface area contributed by atoms with Gasteiger partial charge in [0.05, 0.1) is 37.6 Å². The van der Waals surface area contributed by atoms with Crippen LogP contribution in [-0.2, 0) is 0 Å². The Morgan fingerprint density at radius 3 is 2.48 bits per heavy atom. The van der Waals surface area contributed by atoms with Gasteiger partial charge in [0.15, 0.2) is 16.9 Å². The average Bonchev–Trinajstić information content (AvgIpc) is 2.72. The summed E-state index contributed by atoms with van der Waals surface area (Å²) in [5.74, 6) is 0.287. The Labute approximate surface area is 158 Å². The Bertz CT molecular complexity index is 942. The van der Waals surface area contributed by atoms with Gasteiger partial charge in [-0.15, -0.1) is 0 Å². The van der Waals surface area contributed by atoms with Crippen LogP contribution in [0.4, 0.5) is 0 Å². The van der Waals surface area contributed by atoms with Crippen LogP contribution in [0.25, 0.3) is 0 Å². The number of ether oxygens (including phenoxy) is 2. The molecule has 3 rings (SSSR count). The quantitative estimate of drug-likeness (QED) is 0.884. The molecule has 0 bridgehead atoms. The minimum absolute atomic E-state index is 0.0225. The second-order valence-electron chi connectivity index (χ2n) is 6.69. The molecule has 0 heterocycles. The molecular formula is C21H20N4O2. The molecule has 6 nitrogen and oxygen atoms in total. The third kappa shape index (κ3) is 2.52. The first-order chi connectivity index (χ1) is 13.1. The zero-order chi connectivity index (χ0) is 19.6. The molecule has 0 fully saturated rings. The van der Waals surface area contributed by atoms with Crippen molar-refractivity contribution in [2.24, 2.45) is 17.1 Å². The van der Waals surface area contributed by atoms with Crippen molar-refractivity contribution in [2.45, 2.75) is 25.2 Å². The summed E-state index contributed by atoms with van der Waals surface area (Å²) < 4.78 is 11.0. The highest BCUT2D eigenvalue weighted by Crippen LogP contribution is 2.58. The van der Waals surface area contributed by atoms with Gasteiger partial charge in [-0.3, -0.25) is 0 Å². The molecule has 0 saturated heterocycles. The number of nitrogens with zero attached hydrogens (tertiary/aromatic N) is 3. The maximum absolute atomic E-state index is 10.0. The number of para-hydroxylation sites is 1. The van der Waals surface area contributed by atoms with Crippen LogP contribution in [0, 0.1) is 45.3 Å². The van der Waals surface area contributed by atoms with Gasteiger partial charge in [-0.2, -0.15) is 15.8 Å². The van der Waals surface area contributed by atoms with E-state index in [2.05, 4.69) is 18.2 Å². The van der Waals surface area contributed by atoms with Crippen LogP contribution in [0.2, 0.25) is 0 Å². The summed E-state index contributed by atoms with van der Waals surface area (Å²) in [5, 5.41) is 29.8. The van der Waals surface area contributed by atoms with E-state index in [-0.39, 0.29) is 17.2 Å². The Kier molecular flexibility index (Phi) is 4.80. The van der Waals surface area contributed by atoms with Crippen molar-refractivity contribution in [1.29, 1.82) is 15.8 Å². The van der Waals surface area contributed by atoms with Crippen molar-refractivity contribution in [2.75, 3.05) is 14.2 Å². The zero-order valence-corrected chi connectivity index (χ0v) is 15.3. The predicted octanol–water partition coefficient (Wildman–Crippen LogP) is 3.30. The monoisotopic (exact) mass is 360 g/mol. The fourth-order valence-electron chi connectivity index (χ4n) is 4.37. The summed E-state index contributed by atoms with van der Waals surface area (Å²) in [4.78, 5) is 0. The van der Waals surface area contributed by atoms with Gasteiger partial charge in [0.1, 0.15) is 6.07 Å². The van der Waals surface area contributed by atoms with Crippen molar-refractivity contribution < 1.29 is 9.47 Å². The van der Waals surface area contributed by atoms with Gasteiger partial charge >= 0.3 is 0 Å². The second-order valence-corrected chi connectivity index (χ2v) is 6.69. The standard InChI is InChI=1S/C21H20N4O2/c1-26-17-9-5-8-15(19(17)27-2)18-14-7-4-3-6-13(14)16(10-22)20(25)21(18,11-23)12-24/h5-6,8-9,14,18H,3-4,7,25H2,1-2H3/t14-,18-/m0/s1. The van der Waals surface area contributed by atoms with E-state index in [1.54, 1.807) is 13.2 Å². The van der Waals surface area contributed by atoms with Gasteiger partial charge in [-0.05, 0) is 36.8 Å². The van der Waals surface area contributed by atoms with E-state index in [1.165, 1.54) is 7.11 Å². The highest BCUT2D eigenvalue weighted by atomic mass is 16.5. The molecule has 0 aliphatic heterocycles. The van der Waals surface area contributed by atoms with Crippen molar-refractivity contribution >= 4 is 0 Å². The van der Waals surface area contributed by atoms with Gasteiger partial charge in [0, 0.05) is 11.5 Å². The highest BCUT2D eigenvalue weighted by molar-refractivity contribution is 5.61. The third-order valence-electron chi connectivity index (χ3n) is 5.57. The van der Waals surface area contributed by atoms with E-state index in [0.29, 0.717) is 17.1 Å². The van der Waals surface area contributed by atoms with E-state index < -0.39 is 11.3 Å². The molecule has 1 aromatic rings. The number of rotatable bonds is 3. The van der Waals surface area contributed by atoms with Gasteiger partial charge < -0.3 is 15.2 Å². The van der Waals surface area contributed by atoms with Crippen molar-refractivity contribution in [3.8, 4) is 29.7 Å². The van der Waals surface area contributed by atoms with Gasteiger partial charge in [-0.1, -0.05) is 18.2 Å². The van der Waals surface area contributed by atoms with Gasteiger partial charge in [0.25, 0.3) is 0 Å². The van der Waals surface area contributed by atoms with E-state index in [1.807, 2.05) is 18.2 Å². The predicted molar refractivity (Wildman–Crippen MR) is 98.2 cm³/mol. The molecule has 0 spiro atoms. The normalized spacial score (nSPS) is 23.1. The fourth-order valence-corrected chi connectivity index (χ4v) is 4.37. The molecule has 136 valence electrons. The van der Waals surface area contributed by atoms with Crippen LogP contribution < -0.4 is 15.2 Å². The van der Waals surface area contributed by atoms with Gasteiger partial charge in [-0.25, -0.2) is 0 Å². The van der Waals surface area contributed by atoms with Crippen LogP contribution >= 0.6 is 0 Å². The van der Waals surface area contributed by atoms with E-state index in [4.69, 9.17) is 15.2 Å². The van der Waals surface area contributed by atoms with Crippen molar-refractivity contribution in [1.82, 2.24) is 0 Å². The summed E-state index contributed by atoms with van der Waals surface area (Å²) in [6, 6.07) is 11.8. The van der Waals surface area contributed by atoms with Crippen molar-refractivity contribution in [3.63, 3.8) is 0 Å². The minimum Gasteiger partial charge on any atom is -0.493 e. The van der Waals surface area contributed by atoms with E-state index >= 15 is 0 Å². The number of allylic oxidation sites excluding steroid dienone is 4. The third-order valence-corrected chi connectivity index (χ3v) is 5.57. The van der Waals surface area contributed by atoms with Gasteiger partial charge in [0.2, 0.25) is 0 Å². The molecule has 2 aliphatic carbocycles. The maximum Gasteiger partial charge on any atom is 0.191 e. The first kappa shape index (κ1) is 18.4. The number of methoxy groups -OCH3 is 2. The molecule has 1 aromatic carbocycles. The highest BCUT2D eigenvalue weighted by Gasteiger charge is 2.54. The molecule has 2 N–H and O–H groups in total. The topological polar surface area (TPSA) is 116 Å². The Balaban J connectivity index is 2.38. The molecule has 6 heteroatoms. The van der Waals surface area contributed by atoms with E-state index in [9.17, 15) is 15.8 Å². The SMILES string of the molecule is COc1cccc([C@@H]2[C@H]3CCCC=C3C(C#N)=C(N)C2(C#N)C#N)c1OC. The number of nitrogens with two attached hydrogens (primary N) is 1. The van der Waals surface area contributed by atoms with Crippen LogP contribution in [0.1, 0.15) is 30.7 Å². The minimum atomic E-state index is -1.65. The first-order valence-electron chi connectivity index (χ1n) is 8.73. The smallest absolute Gasteiger partial charge is 0.191 e. The van der Waals surface area contributed by atoms with Crippen LogP contribution in [0.5, 0.6) is 11.5 Å². The summed E-state index contributed by atoms with van der Waals surface area (Å²) in [7, 11) is 3.07. The molecule has 2 atom stereocenters. The largest absolute Gasteiger partial charge is 0.493 e. The number of fused-ring (bicyclic) bond motifs is 1. The summed E-state index contributed by atoms with van der Waals surface area (Å²) >= 11 is 0. The molecule has 0 amide bonds. The lowest BCUT2D eigenvalue weighted by molar-refractivity contribution is 0.297. The molecule has 2 aliphatic rings. The maximum atomic E-state index is 10.0. The lowest BCUT2D eigenvalue weighted by Gasteiger charge is -2.43. The Morgan fingerprint density at radius 1 is 1.15 bits per heavy atom. The number of nitriles is 3. The Hall–Kier alpha value is -3.43. The molecule has 0 aromatic heterocycles. The zero-order valence-electron chi connectivity index (χ0n) is 15.3. The van der Waals surface area contributed by atoms with Crippen LogP contribution in [0.3, 0.4) is 0 Å². The lowest BCUT2D eigenvalue weighted by atomic mass is 9.56. The number of hydrogen-bond donors (Lipinski definition) is 1. The fraction of sp³-hybridized carbons (Fsp3) is 0.381. The number of hydrogen-bond acceptors (Lipinski definition) is 6. The number of benzene rings is 1. The molecule has 27 heavy (non-hydrogen) atoms. The molecular weight excluding hydrogens is 340 g/mol. The summed E-state index contributed by atoms with van der Waals surface area (Å²) in [6.07, 6.45) is 4.54. The molecule has 0 saturated carbocycles. The lowest BCUT2D eigenvalue weighted by Crippen LogP contribution is -2.42. The average molecular weight is 360 g/mol. The molecule has 0 unspecified atom stereocenters. The second kappa shape index (κ2) is 7.06. The molecule has 0 radical (unpaired) electrons. The first-order valence-corrected chi connectivity index (χ1v) is 8.73. The van der Waals surface area contributed by atoms with Crippen LogP contribution in [0.15, 0.2) is 41.1 Å². The summed E-state index contributed by atoms with van der Waals surface area (Å²) in [6.45, 7) is 0. The van der Waals surface area contributed by atoms with E-state index in [0.717, 1.165) is 24.8 Å². The Morgan fingerprint density at radius 2 is 1.89 bits per heavy atom. The van der Waals surface area contributed by atoms with Crippen molar-refractivity contribution in [3.05, 3.63) is 46.7 Å². The summed E-state index contributed by atoms with van der Waals surface area (Å²) in [5.41, 5.74) is 6.45.